The van der Waals surface area contributed by atoms with Crippen LogP contribution in [0.2, 0.25) is 0 Å². The molecule has 0 aliphatic carbocycles. The zero-order valence-electron chi connectivity index (χ0n) is 15.2. The standard InChI is InChI=1S/C22H19N5/c1-15(18-8-4-3-5-9-18)25-22-12-21-20(14-24-22)16(2)26-27(21)19-10-6-7-17(11-19)13-23/h3-12,14-15H,1-2H3,(H,24,25)/t15-/m0/s1. The first kappa shape index (κ1) is 16.8. The third-order valence-corrected chi connectivity index (χ3v) is 4.63. The van der Waals surface area contributed by atoms with Gasteiger partial charge in [0.25, 0.3) is 0 Å². The molecule has 2 aromatic heterocycles. The predicted octanol–water partition coefficient (Wildman–Crippen LogP) is 4.77. The Morgan fingerprint density at radius 1 is 1.07 bits per heavy atom. The number of hydrogen-bond acceptors (Lipinski definition) is 4. The summed E-state index contributed by atoms with van der Waals surface area (Å²) in [4.78, 5) is 4.56. The quantitative estimate of drug-likeness (QED) is 0.574. The van der Waals surface area contributed by atoms with Crippen molar-refractivity contribution in [2.45, 2.75) is 19.9 Å². The van der Waals surface area contributed by atoms with E-state index in [-0.39, 0.29) is 6.04 Å². The van der Waals surface area contributed by atoms with Crippen LogP contribution in [0.15, 0.2) is 66.9 Å². The minimum atomic E-state index is 0.135. The molecule has 132 valence electrons. The lowest BCUT2D eigenvalue weighted by Gasteiger charge is -2.15. The van der Waals surface area contributed by atoms with Crippen molar-refractivity contribution in [3.05, 3.63) is 83.7 Å². The third-order valence-electron chi connectivity index (χ3n) is 4.63. The molecule has 2 heterocycles. The fraction of sp³-hybridized carbons (Fsp3) is 0.136. The monoisotopic (exact) mass is 353 g/mol. The molecule has 5 heteroatoms. The van der Waals surface area contributed by atoms with Crippen molar-refractivity contribution >= 4 is 16.7 Å². The number of nitriles is 1. The molecule has 0 fully saturated rings. The molecule has 1 N–H and O–H groups in total. The maximum absolute atomic E-state index is 9.18. The van der Waals surface area contributed by atoms with E-state index in [0.717, 1.165) is 28.1 Å². The van der Waals surface area contributed by atoms with Gasteiger partial charge in [-0.15, -0.1) is 0 Å². The van der Waals surface area contributed by atoms with E-state index in [2.05, 4.69) is 40.5 Å². The summed E-state index contributed by atoms with van der Waals surface area (Å²) in [5.74, 6) is 0.788. The number of benzene rings is 2. The number of aryl methyl sites for hydroxylation is 1. The first-order valence-electron chi connectivity index (χ1n) is 8.83. The van der Waals surface area contributed by atoms with Gasteiger partial charge in [-0.1, -0.05) is 36.4 Å². The Hall–Kier alpha value is -3.65. The number of pyridine rings is 1. The van der Waals surface area contributed by atoms with Crippen LogP contribution >= 0.6 is 0 Å². The highest BCUT2D eigenvalue weighted by Crippen LogP contribution is 2.25. The summed E-state index contributed by atoms with van der Waals surface area (Å²) in [5.41, 5.74) is 4.54. The second-order valence-corrected chi connectivity index (χ2v) is 6.52. The average molecular weight is 353 g/mol. The summed E-state index contributed by atoms with van der Waals surface area (Å²) in [5, 5.41) is 18.3. The Balaban J connectivity index is 1.74. The molecule has 0 aliphatic heterocycles. The van der Waals surface area contributed by atoms with Crippen LogP contribution < -0.4 is 5.32 Å². The second kappa shape index (κ2) is 6.93. The van der Waals surface area contributed by atoms with Crippen LogP contribution in [0.4, 0.5) is 5.82 Å². The van der Waals surface area contributed by atoms with Crippen LogP contribution in [0.3, 0.4) is 0 Å². The Kier molecular flexibility index (Phi) is 4.31. The van der Waals surface area contributed by atoms with E-state index in [0.29, 0.717) is 5.56 Å². The summed E-state index contributed by atoms with van der Waals surface area (Å²) in [6, 6.07) is 22.0. The molecule has 1 atom stereocenters. The van der Waals surface area contributed by atoms with Gasteiger partial charge in [-0.3, -0.25) is 0 Å². The van der Waals surface area contributed by atoms with Crippen molar-refractivity contribution in [1.82, 2.24) is 14.8 Å². The van der Waals surface area contributed by atoms with Gasteiger partial charge in [0.2, 0.25) is 0 Å². The molecular formula is C22H19N5. The molecule has 0 aliphatic rings. The van der Waals surface area contributed by atoms with Crippen LogP contribution in [-0.4, -0.2) is 14.8 Å². The zero-order chi connectivity index (χ0) is 18.8. The number of anilines is 1. The Morgan fingerprint density at radius 2 is 1.89 bits per heavy atom. The molecule has 4 rings (SSSR count). The van der Waals surface area contributed by atoms with E-state index >= 15 is 0 Å². The number of hydrogen-bond donors (Lipinski definition) is 1. The van der Waals surface area contributed by atoms with Crippen LogP contribution in [-0.2, 0) is 0 Å². The third kappa shape index (κ3) is 3.25. The number of fused-ring (bicyclic) bond motifs is 1. The zero-order valence-corrected chi connectivity index (χ0v) is 15.2. The number of nitrogens with zero attached hydrogens (tertiary/aromatic N) is 4. The van der Waals surface area contributed by atoms with Gasteiger partial charge in [0.1, 0.15) is 5.82 Å². The van der Waals surface area contributed by atoms with Gasteiger partial charge in [-0.25, -0.2) is 9.67 Å². The maximum Gasteiger partial charge on any atom is 0.128 e. The number of nitrogens with one attached hydrogen (secondary N) is 1. The molecular weight excluding hydrogens is 334 g/mol. The van der Waals surface area contributed by atoms with E-state index in [1.54, 1.807) is 6.07 Å². The van der Waals surface area contributed by atoms with Crippen molar-refractivity contribution in [2.24, 2.45) is 0 Å². The average Bonchev–Trinajstić information content (AvgIpc) is 3.04. The minimum Gasteiger partial charge on any atom is -0.363 e. The molecule has 0 spiro atoms. The van der Waals surface area contributed by atoms with E-state index in [1.807, 2.05) is 60.3 Å². The van der Waals surface area contributed by atoms with Crippen molar-refractivity contribution in [3.63, 3.8) is 0 Å². The van der Waals surface area contributed by atoms with Crippen molar-refractivity contribution in [2.75, 3.05) is 5.32 Å². The molecule has 0 unspecified atom stereocenters. The molecule has 27 heavy (non-hydrogen) atoms. The van der Waals surface area contributed by atoms with E-state index < -0.39 is 0 Å². The normalized spacial score (nSPS) is 11.9. The smallest absolute Gasteiger partial charge is 0.128 e. The lowest BCUT2D eigenvalue weighted by atomic mass is 10.1. The molecule has 0 saturated carbocycles. The van der Waals surface area contributed by atoms with Gasteiger partial charge in [0.05, 0.1) is 28.5 Å². The molecule has 2 aromatic carbocycles. The first-order valence-corrected chi connectivity index (χ1v) is 8.83. The van der Waals surface area contributed by atoms with Gasteiger partial charge in [0.15, 0.2) is 0 Å². The molecule has 0 saturated heterocycles. The van der Waals surface area contributed by atoms with Crippen molar-refractivity contribution in [1.29, 1.82) is 5.26 Å². The van der Waals surface area contributed by atoms with E-state index in [4.69, 9.17) is 0 Å². The maximum atomic E-state index is 9.18. The van der Waals surface area contributed by atoms with Crippen LogP contribution in [0.25, 0.3) is 16.6 Å². The van der Waals surface area contributed by atoms with Crippen LogP contribution in [0.1, 0.15) is 29.8 Å². The SMILES string of the molecule is Cc1nn(-c2cccc(C#N)c2)c2cc(N[C@@H](C)c3ccccc3)ncc12. The van der Waals surface area contributed by atoms with Crippen molar-refractivity contribution < 1.29 is 0 Å². The topological polar surface area (TPSA) is 66.5 Å². The number of rotatable bonds is 4. The second-order valence-electron chi connectivity index (χ2n) is 6.52. The van der Waals surface area contributed by atoms with E-state index in [9.17, 15) is 5.26 Å². The van der Waals surface area contributed by atoms with Gasteiger partial charge >= 0.3 is 0 Å². The summed E-state index contributed by atoms with van der Waals surface area (Å²) in [6.07, 6.45) is 1.85. The number of aromatic nitrogens is 3. The fourth-order valence-electron chi connectivity index (χ4n) is 3.19. The van der Waals surface area contributed by atoms with E-state index in [1.165, 1.54) is 5.56 Å². The fourth-order valence-corrected chi connectivity index (χ4v) is 3.19. The highest BCUT2D eigenvalue weighted by Gasteiger charge is 2.12. The molecule has 0 radical (unpaired) electrons. The van der Waals surface area contributed by atoms with Crippen LogP contribution in [0.5, 0.6) is 0 Å². The Labute approximate surface area is 157 Å². The van der Waals surface area contributed by atoms with Gasteiger partial charge in [0, 0.05) is 23.7 Å². The largest absolute Gasteiger partial charge is 0.363 e. The van der Waals surface area contributed by atoms with Crippen molar-refractivity contribution in [3.8, 4) is 11.8 Å². The summed E-state index contributed by atoms with van der Waals surface area (Å²) in [6.45, 7) is 4.08. The lowest BCUT2D eigenvalue weighted by Crippen LogP contribution is -2.07. The summed E-state index contributed by atoms with van der Waals surface area (Å²) in [7, 11) is 0. The molecule has 4 aromatic rings. The minimum absolute atomic E-state index is 0.135. The Morgan fingerprint density at radius 3 is 2.67 bits per heavy atom. The molecule has 0 bridgehead atoms. The Bertz CT molecular complexity index is 1140. The van der Waals surface area contributed by atoms with Gasteiger partial charge in [-0.05, 0) is 37.6 Å². The van der Waals surface area contributed by atoms with Gasteiger partial charge in [-0.2, -0.15) is 10.4 Å². The molecule has 0 amide bonds. The van der Waals surface area contributed by atoms with Gasteiger partial charge < -0.3 is 5.32 Å². The highest BCUT2D eigenvalue weighted by atomic mass is 15.3. The summed E-state index contributed by atoms with van der Waals surface area (Å²) < 4.78 is 1.87. The highest BCUT2D eigenvalue weighted by molar-refractivity contribution is 5.84. The lowest BCUT2D eigenvalue weighted by molar-refractivity contribution is 0.872. The van der Waals surface area contributed by atoms with Crippen LogP contribution in [0, 0.1) is 18.3 Å². The summed E-state index contributed by atoms with van der Waals surface area (Å²) >= 11 is 0. The first-order chi connectivity index (χ1) is 13.2. The predicted molar refractivity (Wildman–Crippen MR) is 107 cm³/mol. The molecule has 5 nitrogen and oxygen atoms in total.